The smallest absolute Gasteiger partial charge is 0.258 e. The Hall–Kier alpha value is -3.15. The van der Waals surface area contributed by atoms with Crippen LogP contribution in [0.25, 0.3) is 11.4 Å². The van der Waals surface area contributed by atoms with Crippen molar-refractivity contribution in [1.29, 1.82) is 0 Å². The molecule has 1 aliphatic carbocycles. The van der Waals surface area contributed by atoms with Gasteiger partial charge in [0.05, 0.1) is 12.2 Å². The third-order valence-electron chi connectivity index (χ3n) is 5.50. The zero-order chi connectivity index (χ0) is 20.8. The van der Waals surface area contributed by atoms with E-state index in [9.17, 15) is 4.79 Å². The summed E-state index contributed by atoms with van der Waals surface area (Å²) in [6.45, 7) is 2.73. The molecule has 1 heterocycles. The summed E-state index contributed by atoms with van der Waals surface area (Å²) in [6.07, 6.45) is 5.44. The highest BCUT2D eigenvalue weighted by atomic mass is 16.5. The zero-order valence-corrected chi connectivity index (χ0v) is 17.3. The fraction of sp³-hybridized carbons (Fsp3) is 0.375. The number of nitrogens with zero attached hydrogens (tertiary/aromatic N) is 3. The van der Waals surface area contributed by atoms with Crippen LogP contribution in [0.3, 0.4) is 0 Å². The largest absolute Gasteiger partial charge is 0.493 e. The van der Waals surface area contributed by atoms with Gasteiger partial charge >= 0.3 is 0 Å². The van der Waals surface area contributed by atoms with E-state index in [-0.39, 0.29) is 11.9 Å². The Morgan fingerprint density at radius 2 is 1.80 bits per heavy atom. The second kappa shape index (κ2) is 9.57. The van der Waals surface area contributed by atoms with Gasteiger partial charge in [0, 0.05) is 11.6 Å². The lowest BCUT2D eigenvalue weighted by Gasteiger charge is -2.33. The number of hydrogen-bond acceptors (Lipinski definition) is 5. The molecular formula is C24H27N3O3. The van der Waals surface area contributed by atoms with Gasteiger partial charge in [-0.25, -0.2) is 0 Å². The predicted octanol–water partition coefficient (Wildman–Crippen LogP) is 5.11. The standard InChI is InChI=1S/C24H27N3O3/c1-2-29-21-16-10-9-15-20(21)24(28)27(19-13-7-4-8-14-19)17-22-25-23(26-30-22)18-11-5-3-6-12-18/h3,5-6,9-12,15-16,19H,2,4,7-8,13-14,17H2,1H3. The van der Waals surface area contributed by atoms with E-state index in [0.29, 0.717) is 36.2 Å². The minimum absolute atomic E-state index is 0.0505. The van der Waals surface area contributed by atoms with Crippen LogP contribution in [0.2, 0.25) is 0 Å². The van der Waals surface area contributed by atoms with Gasteiger partial charge in [-0.1, -0.05) is 66.9 Å². The van der Waals surface area contributed by atoms with Gasteiger partial charge in [0.1, 0.15) is 12.3 Å². The van der Waals surface area contributed by atoms with Crippen molar-refractivity contribution in [3.05, 3.63) is 66.1 Å². The molecular weight excluding hydrogens is 378 g/mol. The van der Waals surface area contributed by atoms with Crippen LogP contribution in [-0.2, 0) is 6.54 Å². The van der Waals surface area contributed by atoms with Gasteiger partial charge in [-0.05, 0) is 31.9 Å². The topological polar surface area (TPSA) is 68.5 Å². The van der Waals surface area contributed by atoms with E-state index >= 15 is 0 Å². The minimum atomic E-state index is -0.0505. The van der Waals surface area contributed by atoms with E-state index in [1.807, 2.05) is 66.4 Å². The first-order valence-electron chi connectivity index (χ1n) is 10.7. The predicted molar refractivity (Wildman–Crippen MR) is 114 cm³/mol. The van der Waals surface area contributed by atoms with Crippen LogP contribution >= 0.6 is 0 Å². The molecule has 0 bridgehead atoms. The van der Waals surface area contributed by atoms with Crippen LogP contribution in [0.5, 0.6) is 5.75 Å². The minimum Gasteiger partial charge on any atom is -0.493 e. The fourth-order valence-corrected chi connectivity index (χ4v) is 4.01. The Morgan fingerprint density at radius 3 is 2.57 bits per heavy atom. The molecule has 6 nitrogen and oxygen atoms in total. The third-order valence-corrected chi connectivity index (χ3v) is 5.50. The Balaban J connectivity index is 1.61. The number of rotatable bonds is 7. The van der Waals surface area contributed by atoms with Crippen molar-refractivity contribution in [2.45, 2.75) is 51.6 Å². The molecule has 1 saturated carbocycles. The first-order chi connectivity index (χ1) is 14.8. The molecule has 0 aliphatic heterocycles. The summed E-state index contributed by atoms with van der Waals surface area (Å²) in [5.41, 5.74) is 1.47. The van der Waals surface area contributed by atoms with Gasteiger partial charge in [-0.15, -0.1) is 0 Å². The molecule has 0 N–H and O–H groups in total. The molecule has 0 radical (unpaired) electrons. The number of carbonyl (C=O) groups is 1. The lowest BCUT2D eigenvalue weighted by Crippen LogP contribution is -2.41. The summed E-state index contributed by atoms with van der Waals surface area (Å²) in [7, 11) is 0. The highest BCUT2D eigenvalue weighted by Gasteiger charge is 2.29. The number of para-hydroxylation sites is 1. The zero-order valence-electron chi connectivity index (χ0n) is 17.3. The Morgan fingerprint density at radius 1 is 1.07 bits per heavy atom. The summed E-state index contributed by atoms with van der Waals surface area (Å²) >= 11 is 0. The maximum atomic E-state index is 13.6. The van der Waals surface area contributed by atoms with Crippen molar-refractivity contribution in [1.82, 2.24) is 15.0 Å². The van der Waals surface area contributed by atoms with Gasteiger partial charge in [-0.3, -0.25) is 4.79 Å². The molecule has 0 atom stereocenters. The number of carbonyl (C=O) groups excluding carboxylic acids is 1. The lowest BCUT2D eigenvalue weighted by atomic mass is 9.93. The van der Waals surface area contributed by atoms with E-state index in [4.69, 9.17) is 9.26 Å². The first-order valence-corrected chi connectivity index (χ1v) is 10.7. The van der Waals surface area contributed by atoms with Crippen LogP contribution in [0.1, 0.15) is 55.3 Å². The van der Waals surface area contributed by atoms with Gasteiger partial charge in [-0.2, -0.15) is 4.98 Å². The summed E-state index contributed by atoms with van der Waals surface area (Å²) in [5.74, 6) is 1.55. The average molecular weight is 405 g/mol. The van der Waals surface area contributed by atoms with Crippen molar-refractivity contribution in [3.8, 4) is 17.1 Å². The normalized spacial score (nSPS) is 14.4. The summed E-state index contributed by atoms with van der Waals surface area (Å²) in [5, 5.41) is 4.11. The highest BCUT2D eigenvalue weighted by Crippen LogP contribution is 2.28. The number of ether oxygens (including phenoxy) is 1. The number of amides is 1. The molecule has 2 aromatic carbocycles. The van der Waals surface area contributed by atoms with Crippen LogP contribution in [0, 0.1) is 0 Å². The number of benzene rings is 2. The average Bonchev–Trinajstić information content (AvgIpc) is 3.28. The second-order valence-corrected chi connectivity index (χ2v) is 7.53. The maximum Gasteiger partial charge on any atom is 0.258 e. The molecule has 156 valence electrons. The first kappa shape index (κ1) is 20.1. The molecule has 1 aromatic heterocycles. The van der Waals surface area contributed by atoms with Gasteiger partial charge in [0.15, 0.2) is 0 Å². The van der Waals surface area contributed by atoms with Crippen molar-refractivity contribution in [2.75, 3.05) is 6.61 Å². The fourth-order valence-electron chi connectivity index (χ4n) is 4.01. The molecule has 1 amide bonds. The molecule has 4 rings (SSSR count). The van der Waals surface area contributed by atoms with Crippen LogP contribution < -0.4 is 4.74 Å². The summed E-state index contributed by atoms with van der Waals surface area (Å²) in [4.78, 5) is 20.0. The van der Waals surface area contributed by atoms with E-state index in [1.54, 1.807) is 0 Å². The molecule has 0 unspecified atom stereocenters. The van der Waals surface area contributed by atoms with E-state index in [0.717, 1.165) is 31.2 Å². The van der Waals surface area contributed by atoms with E-state index < -0.39 is 0 Å². The summed E-state index contributed by atoms with van der Waals surface area (Å²) in [6, 6.07) is 17.3. The Labute approximate surface area is 176 Å². The molecule has 30 heavy (non-hydrogen) atoms. The van der Waals surface area contributed by atoms with E-state index in [2.05, 4.69) is 10.1 Å². The molecule has 3 aromatic rings. The maximum absolute atomic E-state index is 13.6. The van der Waals surface area contributed by atoms with Crippen molar-refractivity contribution in [2.24, 2.45) is 0 Å². The molecule has 1 fully saturated rings. The van der Waals surface area contributed by atoms with Gasteiger partial charge in [0.25, 0.3) is 5.91 Å². The van der Waals surface area contributed by atoms with E-state index in [1.165, 1.54) is 6.42 Å². The number of hydrogen-bond donors (Lipinski definition) is 0. The summed E-state index contributed by atoms with van der Waals surface area (Å²) < 4.78 is 11.2. The third kappa shape index (κ3) is 4.53. The quantitative estimate of drug-likeness (QED) is 0.546. The molecule has 6 heteroatoms. The molecule has 1 aliphatic rings. The molecule has 0 saturated heterocycles. The van der Waals surface area contributed by atoms with Gasteiger partial charge < -0.3 is 14.2 Å². The SMILES string of the molecule is CCOc1ccccc1C(=O)N(Cc1nc(-c2ccccc2)no1)C1CCCCC1. The molecule has 0 spiro atoms. The highest BCUT2D eigenvalue weighted by molar-refractivity contribution is 5.97. The monoisotopic (exact) mass is 405 g/mol. The van der Waals surface area contributed by atoms with Crippen LogP contribution in [0.15, 0.2) is 59.1 Å². The lowest BCUT2D eigenvalue weighted by molar-refractivity contribution is 0.0582. The van der Waals surface area contributed by atoms with Crippen molar-refractivity contribution in [3.63, 3.8) is 0 Å². The Kier molecular flexibility index (Phi) is 6.42. The second-order valence-electron chi connectivity index (χ2n) is 7.53. The van der Waals surface area contributed by atoms with Crippen LogP contribution in [0.4, 0.5) is 0 Å². The van der Waals surface area contributed by atoms with Crippen LogP contribution in [-0.4, -0.2) is 33.6 Å². The Bertz CT molecular complexity index is 965. The van der Waals surface area contributed by atoms with Crippen molar-refractivity contribution < 1.29 is 14.1 Å². The van der Waals surface area contributed by atoms with Crippen molar-refractivity contribution >= 4 is 5.91 Å². The number of aromatic nitrogens is 2. The van der Waals surface area contributed by atoms with Gasteiger partial charge in [0.2, 0.25) is 11.7 Å².